The molecule has 0 amide bonds. The summed E-state index contributed by atoms with van der Waals surface area (Å²) in [5, 5.41) is 4.36. The molecule has 0 atom stereocenters. The number of thioether (sulfide) groups is 2. The van der Waals surface area contributed by atoms with Crippen LogP contribution in [0.4, 0.5) is 0 Å². The maximum Gasteiger partial charge on any atom is 0.0979 e. The van der Waals surface area contributed by atoms with Crippen LogP contribution < -0.4 is 0 Å². The van der Waals surface area contributed by atoms with Gasteiger partial charge in [-0.15, -0.1) is 0 Å². The van der Waals surface area contributed by atoms with E-state index in [4.69, 9.17) is 4.74 Å². The summed E-state index contributed by atoms with van der Waals surface area (Å²) in [5.41, 5.74) is 0. The van der Waals surface area contributed by atoms with Gasteiger partial charge in [0.25, 0.3) is 0 Å². The Morgan fingerprint density at radius 1 is 1.10 bits per heavy atom. The smallest absolute Gasteiger partial charge is 0.0979 e. The molecule has 0 aromatic carbocycles. The van der Waals surface area contributed by atoms with E-state index >= 15 is 0 Å². The lowest BCUT2D eigenvalue weighted by molar-refractivity contribution is 0.241. The van der Waals surface area contributed by atoms with E-state index in [-0.39, 0.29) is 0 Å². The standard InChI is InChI=1S/C6H6OS3/c1-5-6(2-8-1)10-4-7-3-9-5/h1-2H,3-4H2. The van der Waals surface area contributed by atoms with Gasteiger partial charge in [0.2, 0.25) is 0 Å². The van der Waals surface area contributed by atoms with Crippen molar-refractivity contribution in [3.05, 3.63) is 10.8 Å². The van der Waals surface area contributed by atoms with Crippen LogP contribution >= 0.6 is 34.9 Å². The molecule has 10 heavy (non-hydrogen) atoms. The second kappa shape index (κ2) is 3.17. The number of hydrogen-bond donors (Lipinski definition) is 0. The number of fused-ring (bicyclic) bond motifs is 1. The van der Waals surface area contributed by atoms with Gasteiger partial charge in [-0.05, 0) is 0 Å². The first-order valence-electron chi connectivity index (χ1n) is 2.86. The van der Waals surface area contributed by atoms with Crippen molar-refractivity contribution in [2.45, 2.75) is 9.79 Å². The van der Waals surface area contributed by atoms with Crippen LogP contribution in [0, 0.1) is 0 Å². The lowest BCUT2D eigenvalue weighted by Gasteiger charge is -1.92. The van der Waals surface area contributed by atoms with E-state index < -0.39 is 0 Å². The van der Waals surface area contributed by atoms with Crippen molar-refractivity contribution in [1.29, 1.82) is 0 Å². The van der Waals surface area contributed by atoms with E-state index in [1.165, 1.54) is 9.79 Å². The summed E-state index contributed by atoms with van der Waals surface area (Å²) in [6, 6.07) is 0. The molecular formula is C6H6OS3. The van der Waals surface area contributed by atoms with E-state index in [2.05, 4.69) is 10.8 Å². The van der Waals surface area contributed by atoms with Crippen molar-refractivity contribution in [1.82, 2.24) is 0 Å². The fourth-order valence-electron chi connectivity index (χ4n) is 0.728. The highest BCUT2D eigenvalue weighted by Gasteiger charge is 2.08. The Balaban J connectivity index is 2.28. The van der Waals surface area contributed by atoms with Gasteiger partial charge in [-0.2, -0.15) is 11.3 Å². The normalized spacial score (nSPS) is 18.0. The van der Waals surface area contributed by atoms with Gasteiger partial charge in [-0.25, -0.2) is 0 Å². The molecule has 2 rings (SSSR count). The van der Waals surface area contributed by atoms with Crippen molar-refractivity contribution in [3.8, 4) is 0 Å². The summed E-state index contributed by atoms with van der Waals surface area (Å²) >= 11 is 5.33. The quantitative estimate of drug-likeness (QED) is 0.622. The maximum atomic E-state index is 5.27. The highest BCUT2D eigenvalue weighted by molar-refractivity contribution is 8.02. The Morgan fingerprint density at radius 2 is 1.70 bits per heavy atom. The lowest BCUT2D eigenvalue weighted by Crippen LogP contribution is -1.83. The number of hydrogen-bond acceptors (Lipinski definition) is 4. The first kappa shape index (κ1) is 7.03. The summed E-state index contributed by atoms with van der Waals surface area (Å²) in [6.45, 7) is 0. The first-order valence-corrected chi connectivity index (χ1v) is 5.78. The second-order valence-corrected chi connectivity index (χ2v) is 4.50. The topological polar surface area (TPSA) is 9.23 Å². The van der Waals surface area contributed by atoms with E-state index in [0.717, 1.165) is 11.9 Å². The Kier molecular flexibility index (Phi) is 2.23. The minimum Gasteiger partial charge on any atom is -0.360 e. The Hall–Kier alpha value is 0.360. The molecule has 0 aliphatic carbocycles. The summed E-state index contributed by atoms with van der Waals surface area (Å²) in [7, 11) is 0. The molecule has 2 heterocycles. The molecule has 0 radical (unpaired) electrons. The van der Waals surface area contributed by atoms with E-state index in [9.17, 15) is 0 Å². The molecule has 0 saturated heterocycles. The van der Waals surface area contributed by atoms with Crippen LogP contribution in [0.25, 0.3) is 0 Å². The molecule has 0 saturated carbocycles. The predicted octanol–water partition coefficient (Wildman–Crippen LogP) is 2.88. The minimum absolute atomic E-state index is 0.802. The summed E-state index contributed by atoms with van der Waals surface area (Å²) in [5.74, 6) is 1.60. The van der Waals surface area contributed by atoms with Gasteiger partial charge in [0, 0.05) is 20.6 Å². The van der Waals surface area contributed by atoms with E-state index in [1.54, 1.807) is 34.9 Å². The van der Waals surface area contributed by atoms with Crippen LogP contribution in [-0.4, -0.2) is 11.9 Å². The molecule has 1 aromatic heterocycles. The molecule has 0 fully saturated rings. The van der Waals surface area contributed by atoms with Crippen LogP contribution in [0.15, 0.2) is 20.6 Å². The van der Waals surface area contributed by atoms with Crippen molar-refractivity contribution >= 4 is 34.9 Å². The number of thiophene rings is 1. The van der Waals surface area contributed by atoms with Crippen molar-refractivity contribution < 1.29 is 4.74 Å². The average Bonchev–Trinajstić information content (AvgIpc) is 2.28. The van der Waals surface area contributed by atoms with Gasteiger partial charge >= 0.3 is 0 Å². The van der Waals surface area contributed by atoms with Gasteiger partial charge in [0.15, 0.2) is 0 Å². The molecule has 1 nitrogen and oxygen atoms in total. The monoisotopic (exact) mass is 190 g/mol. The van der Waals surface area contributed by atoms with Crippen LogP contribution in [0.5, 0.6) is 0 Å². The zero-order valence-electron chi connectivity index (χ0n) is 5.20. The molecule has 0 spiro atoms. The number of rotatable bonds is 0. The molecule has 0 unspecified atom stereocenters. The summed E-state index contributed by atoms with van der Waals surface area (Å²) < 4.78 is 5.27. The molecular weight excluding hydrogens is 184 g/mol. The predicted molar refractivity (Wildman–Crippen MR) is 46.9 cm³/mol. The molecule has 0 bridgehead atoms. The molecule has 1 aliphatic rings. The average molecular weight is 190 g/mol. The third-order valence-electron chi connectivity index (χ3n) is 1.19. The highest BCUT2D eigenvalue weighted by Crippen LogP contribution is 2.36. The Bertz CT molecular complexity index is 200. The fourth-order valence-corrected chi connectivity index (χ4v) is 3.77. The minimum atomic E-state index is 0.802. The molecule has 4 heteroatoms. The second-order valence-electron chi connectivity index (χ2n) is 1.83. The van der Waals surface area contributed by atoms with E-state index in [1.807, 2.05) is 0 Å². The van der Waals surface area contributed by atoms with Crippen molar-refractivity contribution in [2.75, 3.05) is 11.9 Å². The third kappa shape index (κ3) is 1.34. The van der Waals surface area contributed by atoms with Crippen LogP contribution in [0.3, 0.4) is 0 Å². The number of ether oxygens (including phenoxy) is 1. The SMILES string of the molecule is c1scc2c1SCOCS2. The lowest BCUT2D eigenvalue weighted by atomic mass is 10.7. The zero-order valence-corrected chi connectivity index (χ0v) is 7.65. The third-order valence-corrected chi connectivity index (χ3v) is 4.23. The maximum absolute atomic E-state index is 5.27. The van der Waals surface area contributed by atoms with Gasteiger partial charge < -0.3 is 4.74 Å². The van der Waals surface area contributed by atoms with Crippen LogP contribution in [0.1, 0.15) is 0 Å². The fraction of sp³-hybridized carbons (Fsp3) is 0.333. The Labute approximate surface area is 72.2 Å². The summed E-state index contributed by atoms with van der Waals surface area (Å²) in [6.07, 6.45) is 0. The molecule has 1 aliphatic heterocycles. The zero-order chi connectivity index (χ0) is 6.81. The Morgan fingerprint density at radius 3 is 2.30 bits per heavy atom. The largest absolute Gasteiger partial charge is 0.360 e. The van der Waals surface area contributed by atoms with Crippen molar-refractivity contribution in [2.24, 2.45) is 0 Å². The van der Waals surface area contributed by atoms with Crippen molar-refractivity contribution in [3.63, 3.8) is 0 Å². The van der Waals surface area contributed by atoms with Gasteiger partial charge in [-0.1, -0.05) is 23.5 Å². The first-order chi connectivity index (χ1) is 4.97. The van der Waals surface area contributed by atoms with Crippen LogP contribution in [-0.2, 0) is 4.74 Å². The molecule has 0 N–H and O–H groups in total. The van der Waals surface area contributed by atoms with Gasteiger partial charge in [0.05, 0.1) is 11.9 Å². The summed E-state index contributed by atoms with van der Waals surface area (Å²) in [4.78, 5) is 2.76. The van der Waals surface area contributed by atoms with E-state index in [0.29, 0.717) is 0 Å². The molecule has 1 aromatic rings. The van der Waals surface area contributed by atoms with Gasteiger partial charge in [-0.3, -0.25) is 0 Å². The molecule has 54 valence electrons. The van der Waals surface area contributed by atoms with Crippen LogP contribution in [0.2, 0.25) is 0 Å². The van der Waals surface area contributed by atoms with Gasteiger partial charge in [0.1, 0.15) is 0 Å². The highest BCUT2D eigenvalue weighted by atomic mass is 32.2.